The van der Waals surface area contributed by atoms with E-state index in [-0.39, 0.29) is 22.6 Å². The van der Waals surface area contributed by atoms with Crippen molar-refractivity contribution in [3.8, 4) is 6.07 Å². The average Bonchev–Trinajstić information content (AvgIpc) is 3.20. The molecule has 0 spiro atoms. The fourth-order valence-electron chi connectivity index (χ4n) is 1.87. The van der Waals surface area contributed by atoms with Crippen LogP contribution in [0, 0.1) is 27.4 Å². The predicted molar refractivity (Wildman–Crippen MR) is 94.4 cm³/mol. The number of hydrogen-bond donors (Lipinski definition) is 1. The van der Waals surface area contributed by atoms with Gasteiger partial charge in [0.1, 0.15) is 22.3 Å². The molecule has 0 aromatic carbocycles. The highest BCUT2D eigenvalue weighted by molar-refractivity contribution is 7.91. The largest absolute Gasteiger partial charge is 0.433 e. The first-order chi connectivity index (χ1) is 12.6. The van der Waals surface area contributed by atoms with Crippen LogP contribution < -0.4 is 5.32 Å². The van der Waals surface area contributed by atoms with Crippen molar-refractivity contribution >= 4 is 44.4 Å². The van der Waals surface area contributed by atoms with Crippen LogP contribution in [0.25, 0.3) is 6.08 Å². The van der Waals surface area contributed by atoms with Gasteiger partial charge in [-0.05, 0) is 12.0 Å². The molecule has 2 aromatic heterocycles. The number of sulfone groups is 1. The number of rotatable bonds is 7. The van der Waals surface area contributed by atoms with Crippen LogP contribution in [-0.2, 0) is 14.6 Å². The Hall–Kier alpha value is -3.11. The molecule has 0 bridgehead atoms. The maximum atomic E-state index is 12.1. The molecular formula is C14H13N5O6S2. The van der Waals surface area contributed by atoms with E-state index in [2.05, 4.69) is 14.7 Å². The van der Waals surface area contributed by atoms with Gasteiger partial charge in [0.15, 0.2) is 0 Å². The Morgan fingerprint density at radius 1 is 1.52 bits per heavy atom. The molecule has 0 radical (unpaired) electrons. The molecule has 142 valence electrons. The molecule has 2 aromatic rings. The number of nitriles is 1. The van der Waals surface area contributed by atoms with Gasteiger partial charge in [-0.3, -0.25) is 20.2 Å². The first-order valence-corrected chi connectivity index (χ1v) is 9.79. The molecule has 2 rings (SSSR count). The van der Waals surface area contributed by atoms with Gasteiger partial charge in [-0.25, -0.2) is 8.42 Å². The van der Waals surface area contributed by atoms with Crippen molar-refractivity contribution in [1.82, 2.24) is 9.36 Å². The summed E-state index contributed by atoms with van der Waals surface area (Å²) in [6, 6.07) is 3.93. The van der Waals surface area contributed by atoms with Gasteiger partial charge in [-0.15, -0.1) is 0 Å². The summed E-state index contributed by atoms with van der Waals surface area (Å²) >= 11 is 0.652. The third-order valence-electron chi connectivity index (χ3n) is 2.90. The minimum Gasteiger partial charge on any atom is -0.401 e. The average molecular weight is 411 g/mol. The van der Waals surface area contributed by atoms with Gasteiger partial charge < -0.3 is 4.42 Å². The number of nitro groups is 1. The summed E-state index contributed by atoms with van der Waals surface area (Å²) in [5.74, 6) is -1.76. The van der Waals surface area contributed by atoms with Crippen LogP contribution in [0.5, 0.6) is 0 Å². The zero-order valence-electron chi connectivity index (χ0n) is 14.1. The Labute approximate surface area is 157 Å². The highest BCUT2D eigenvalue weighted by atomic mass is 32.2. The molecule has 1 N–H and O–H groups in total. The monoisotopic (exact) mass is 411 g/mol. The second-order valence-electron chi connectivity index (χ2n) is 5.61. The van der Waals surface area contributed by atoms with Gasteiger partial charge in [0.2, 0.25) is 15.0 Å². The van der Waals surface area contributed by atoms with Gasteiger partial charge in [-0.1, -0.05) is 13.8 Å². The van der Waals surface area contributed by atoms with Crippen molar-refractivity contribution in [3.05, 3.63) is 33.6 Å². The van der Waals surface area contributed by atoms with Crippen LogP contribution >= 0.6 is 11.5 Å². The maximum absolute atomic E-state index is 12.1. The number of furan rings is 1. The van der Waals surface area contributed by atoms with Crippen molar-refractivity contribution in [2.75, 3.05) is 11.1 Å². The molecule has 0 aliphatic heterocycles. The number of anilines is 1. The zero-order chi connectivity index (χ0) is 20.2. The Bertz CT molecular complexity index is 1040. The van der Waals surface area contributed by atoms with Gasteiger partial charge in [0, 0.05) is 17.6 Å². The fraction of sp³-hybridized carbons (Fsp3) is 0.286. The Morgan fingerprint density at radius 2 is 2.22 bits per heavy atom. The third kappa shape index (κ3) is 5.19. The van der Waals surface area contributed by atoms with Crippen molar-refractivity contribution < 1.29 is 22.6 Å². The summed E-state index contributed by atoms with van der Waals surface area (Å²) in [6.45, 7) is 3.46. The molecule has 13 heteroatoms. The predicted octanol–water partition coefficient (Wildman–Crippen LogP) is 2.01. The lowest BCUT2D eigenvalue weighted by Crippen LogP contribution is -2.15. The van der Waals surface area contributed by atoms with Crippen molar-refractivity contribution in [1.29, 1.82) is 5.26 Å². The fourth-order valence-corrected chi connectivity index (χ4v) is 4.23. The van der Waals surface area contributed by atoms with Crippen LogP contribution in [0.15, 0.2) is 27.3 Å². The van der Waals surface area contributed by atoms with E-state index in [9.17, 15) is 23.3 Å². The number of carbonyl (C=O) groups is 1. The molecular weight excluding hydrogens is 398 g/mol. The summed E-state index contributed by atoms with van der Waals surface area (Å²) < 4.78 is 32.7. The van der Waals surface area contributed by atoms with Crippen molar-refractivity contribution in [3.63, 3.8) is 0 Å². The number of amides is 1. The number of carbonyl (C=O) groups excluding carboxylic acids is 1. The highest BCUT2D eigenvalue weighted by Crippen LogP contribution is 2.20. The van der Waals surface area contributed by atoms with Crippen LogP contribution in [0.1, 0.15) is 19.6 Å². The number of nitrogens with zero attached hydrogens (tertiary/aromatic N) is 4. The molecule has 0 atom stereocenters. The van der Waals surface area contributed by atoms with E-state index in [0.29, 0.717) is 11.5 Å². The summed E-state index contributed by atoms with van der Waals surface area (Å²) in [5.41, 5.74) is -0.416. The molecule has 0 aliphatic rings. The minimum atomic E-state index is -3.68. The Morgan fingerprint density at radius 3 is 2.78 bits per heavy atom. The summed E-state index contributed by atoms with van der Waals surface area (Å²) in [7, 11) is -3.68. The van der Waals surface area contributed by atoms with E-state index < -0.39 is 37.3 Å². The molecule has 11 nitrogen and oxygen atoms in total. The Kier molecular flexibility index (Phi) is 6.03. The maximum Gasteiger partial charge on any atom is 0.433 e. The van der Waals surface area contributed by atoms with E-state index in [1.54, 1.807) is 19.9 Å². The first kappa shape index (κ1) is 20.2. The van der Waals surface area contributed by atoms with Crippen LogP contribution in [-0.4, -0.2) is 34.4 Å². The first-order valence-electron chi connectivity index (χ1n) is 7.36. The molecule has 1 amide bonds. The van der Waals surface area contributed by atoms with E-state index in [1.165, 1.54) is 6.07 Å². The van der Waals surface area contributed by atoms with Gasteiger partial charge in [0.05, 0.1) is 11.8 Å². The Balaban J connectivity index is 2.17. The van der Waals surface area contributed by atoms with Gasteiger partial charge >= 0.3 is 5.88 Å². The van der Waals surface area contributed by atoms with E-state index in [0.717, 1.165) is 12.1 Å². The van der Waals surface area contributed by atoms with Crippen molar-refractivity contribution in [2.24, 2.45) is 5.92 Å². The van der Waals surface area contributed by atoms with E-state index in [1.807, 2.05) is 0 Å². The molecule has 2 heterocycles. The lowest BCUT2D eigenvalue weighted by molar-refractivity contribution is -0.402. The smallest absolute Gasteiger partial charge is 0.401 e. The molecule has 0 saturated heterocycles. The van der Waals surface area contributed by atoms with E-state index in [4.69, 9.17) is 9.68 Å². The SMILES string of the molecule is CC(C)CS(=O)(=O)c1nsc(NC(=O)/C(C#N)=C\c2ccc([N+](=O)[O-])o2)n1. The molecule has 0 aliphatic carbocycles. The quantitative estimate of drug-likeness (QED) is 0.310. The lowest BCUT2D eigenvalue weighted by atomic mass is 10.2. The molecule has 0 unspecified atom stereocenters. The topological polar surface area (TPSA) is 169 Å². The molecule has 27 heavy (non-hydrogen) atoms. The second kappa shape index (κ2) is 8.06. The van der Waals surface area contributed by atoms with Crippen molar-refractivity contribution in [2.45, 2.75) is 19.0 Å². The van der Waals surface area contributed by atoms with Gasteiger partial charge in [0.25, 0.3) is 11.1 Å². The highest BCUT2D eigenvalue weighted by Gasteiger charge is 2.23. The van der Waals surface area contributed by atoms with Crippen LogP contribution in [0.3, 0.4) is 0 Å². The lowest BCUT2D eigenvalue weighted by Gasteiger charge is -2.02. The number of hydrogen-bond acceptors (Lipinski definition) is 10. The summed E-state index contributed by atoms with van der Waals surface area (Å²) in [6.07, 6.45) is 1.01. The minimum absolute atomic E-state index is 0.0640. The second-order valence-corrected chi connectivity index (χ2v) is 8.29. The zero-order valence-corrected chi connectivity index (χ0v) is 15.7. The summed E-state index contributed by atoms with van der Waals surface area (Å²) in [5, 5.41) is 21.4. The molecule has 0 saturated carbocycles. The van der Waals surface area contributed by atoms with E-state index >= 15 is 0 Å². The normalized spacial score (nSPS) is 12.0. The number of nitrogens with one attached hydrogen (secondary N) is 1. The molecule has 0 fully saturated rings. The van der Waals surface area contributed by atoms with Crippen LogP contribution in [0.2, 0.25) is 0 Å². The third-order valence-corrected chi connectivity index (χ3v) is 5.49. The number of aromatic nitrogens is 2. The van der Waals surface area contributed by atoms with Crippen LogP contribution in [0.4, 0.5) is 11.0 Å². The van der Waals surface area contributed by atoms with Gasteiger partial charge in [-0.2, -0.15) is 14.6 Å². The summed E-state index contributed by atoms with van der Waals surface area (Å²) in [4.78, 5) is 25.7. The standard InChI is InChI=1S/C14H13N5O6S2/c1-8(2)7-27(23,24)14-17-13(26-18-14)16-12(20)9(6-15)5-10-3-4-11(25-10)19(21)22/h3-5,8H,7H2,1-2H3,(H,16,17,18,20)/b9-5-.